The number of amides is 1. The highest BCUT2D eigenvalue weighted by atomic mass is 19.1. The largest absolute Gasteiger partial charge is 0.334 e. The second kappa shape index (κ2) is 5.10. The van der Waals surface area contributed by atoms with E-state index in [1.165, 1.54) is 12.1 Å². The average Bonchev–Trinajstić information content (AvgIpc) is 2.16. The summed E-state index contributed by atoms with van der Waals surface area (Å²) in [6, 6.07) is 6.03. The smallest absolute Gasteiger partial charge is 0.254 e. The first-order chi connectivity index (χ1) is 7.43. The van der Waals surface area contributed by atoms with Gasteiger partial charge in [0.25, 0.3) is 5.91 Å². The van der Waals surface area contributed by atoms with Crippen LogP contribution in [0.2, 0.25) is 0 Å². The minimum atomic E-state index is -0.377. The highest BCUT2D eigenvalue weighted by molar-refractivity contribution is 5.94. The van der Waals surface area contributed by atoms with Crippen LogP contribution in [0.4, 0.5) is 4.39 Å². The van der Waals surface area contributed by atoms with Gasteiger partial charge in [0.1, 0.15) is 5.82 Å². The van der Waals surface area contributed by atoms with Crippen LogP contribution in [-0.2, 0) is 0 Å². The average molecular weight is 223 g/mol. The third-order valence-corrected chi connectivity index (χ3v) is 2.42. The molecule has 0 aliphatic carbocycles. The fourth-order valence-electron chi connectivity index (χ4n) is 1.84. The van der Waals surface area contributed by atoms with Crippen molar-refractivity contribution in [3.63, 3.8) is 0 Å². The first-order valence-electron chi connectivity index (χ1n) is 5.51. The zero-order valence-electron chi connectivity index (χ0n) is 10.2. The first-order valence-corrected chi connectivity index (χ1v) is 5.51. The Kier molecular flexibility index (Phi) is 4.05. The summed E-state index contributed by atoms with van der Waals surface area (Å²) in [5, 5.41) is 0. The Morgan fingerprint density at radius 2 is 1.75 bits per heavy atom. The molecule has 0 aliphatic rings. The molecular weight excluding hydrogens is 205 g/mol. The van der Waals surface area contributed by atoms with Gasteiger partial charge in [0.15, 0.2) is 0 Å². The molecule has 1 aromatic rings. The maximum atomic E-state index is 13.0. The van der Waals surface area contributed by atoms with Crippen LogP contribution in [-0.4, -0.2) is 22.9 Å². The number of nitrogens with zero attached hydrogens (tertiary/aromatic N) is 1. The van der Waals surface area contributed by atoms with E-state index in [1.54, 1.807) is 17.0 Å². The van der Waals surface area contributed by atoms with Crippen LogP contribution in [0, 0.1) is 5.82 Å². The summed E-state index contributed by atoms with van der Waals surface area (Å²) < 4.78 is 13.0. The highest BCUT2D eigenvalue weighted by Gasteiger charge is 2.21. The van der Waals surface area contributed by atoms with Crippen LogP contribution >= 0.6 is 0 Å². The minimum absolute atomic E-state index is 0.107. The van der Waals surface area contributed by atoms with Crippen LogP contribution in [0.25, 0.3) is 0 Å². The molecule has 3 heteroatoms. The Balaban J connectivity index is 2.99. The van der Waals surface area contributed by atoms with E-state index in [0.29, 0.717) is 5.56 Å². The van der Waals surface area contributed by atoms with Crippen molar-refractivity contribution in [1.82, 2.24) is 4.90 Å². The SMILES string of the molecule is CC(C)N(C(=O)c1cccc(F)c1)C(C)C. The molecule has 0 N–H and O–H groups in total. The lowest BCUT2D eigenvalue weighted by Gasteiger charge is -2.30. The lowest BCUT2D eigenvalue weighted by atomic mass is 10.1. The summed E-state index contributed by atoms with van der Waals surface area (Å²) in [6.45, 7) is 7.82. The Hall–Kier alpha value is -1.38. The van der Waals surface area contributed by atoms with Gasteiger partial charge in [0.05, 0.1) is 0 Å². The van der Waals surface area contributed by atoms with Crippen LogP contribution in [0.3, 0.4) is 0 Å². The number of hydrogen-bond donors (Lipinski definition) is 0. The number of benzene rings is 1. The summed E-state index contributed by atoms with van der Waals surface area (Å²) in [5.41, 5.74) is 0.405. The Labute approximate surface area is 96.1 Å². The van der Waals surface area contributed by atoms with E-state index in [1.807, 2.05) is 27.7 Å². The molecule has 0 aromatic heterocycles. The lowest BCUT2D eigenvalue weighted by Crippen LogP contribution is -2.42. The van der Waals surface area contributed by atoms with Crippen molar-refractivity contribution in [3.8, 4) is 0 Å². The van der Waals surface area contributed by atoms with Crippen molar-refractivity contribution in [1.29, 1.82) is 0 Å². The summed E-state index contributed by atoms with van der Waals surface area (Å²) in [5.74, 6) is -0.497. The zero-order valence-corrected chi connectivity index (χ0v) is 10.2. The Morgan fingerprint density at radius 1 is 1.19 bits per heavy atom. The third-order valence-electron chi connectivity index (χ3n) is 2.42. The monoisotopic (exact) mass is 223 g/mol. The molecule has 0 unspecified atom stereocenters. The normalized spacial score (nSPS) is 10.9. The van der Waals surface area contributed by atoms with E-state index in [4.69, 9.17) is 0 Å². The molecule has 0 saturated carbocycles. The quantitative estimate of drug-likeness (QED) is 0.771. The van der Waals surface area contributed by atoms with E-state index >= 15 is 0 Å². The molecule has 0 heterocycles. The predicted octanol–water partition coefficient (Wildman–Crippen LogP) is 3.08. The van der Waals surface area contributed by atoms with Crippen molar-refractivity contribution in [2.75, 3.05) is 0 Å². The molecule has 1 aromatic carbocycles. The Morgan fingerprint density at radius 3 is 2.19 bits per heavy atom. The molecule has 1 rings (SSSR count). The Bertz CT molecular complexity index is 366. The van der Waals surface area contributed by atoms with Crippen molar-refractivity contribution < 1.29 is 9.18 Å². The molecule has 16 heavy (non-hydrogen) atoms. The van der Waals surface area contributed by atoms with Crippen molar-refractivity contribution in [2.45, 2.75) is 39.8 Å². The van der Waals surface area contributed by atoms with Crippen LogP contribution in [0.5, 0.6) is 0 Å². The fourth-order valence-corrected chi connectivity index (χ4v) is 1.84. The van der Waals surface area contributed by atoms with Gasteiger partial charge in [-0.05, 0) is 45.9 Å². The molecule has 88 valence electrons. The van der Waals surface area contributed by atoms with Crippen molar-refractivity contribution in [2.24, 2.45) is 0 Å². The maximum Gasteiger partial charge on any atom is 0.254 e. The summed E-state index contributed by atoms with van der Waals surface area (Å²) in [7, 11) is 0. The number of halogens is 1. The summed E-state index contributed by atoms with van der Waals surface area (Å²) in [6.07, 6.45) is 0. The van der Waals surface area contributed by atoms with Gasteiger partial charge in [0, 0.05) is 17.6 Å². The van der Waals surface area contributed by atoms with E-state index in [-0.39, 0.29) is 23.8 Å². The first kappa shape index (κ1) is 12.7. The van der Waals surface area contributed by atoms with Gasteiger partial charge >= 0.3 is 0 Å². The minimum Gasteiger partial charge on any atom is -0.334 e. The molecule has 0 spiro atoms. The number of rotatable bonds is 3. The van der Waals surface area contributed by atoms with Gasteiger partial charge in [-0.2, -0.15) is 0 Å². The zero-order chi connectivity index (χ0) is 12.3. The van der Waals surface area contributed by atoms with Crippen LogP contribution in [0.15, 0.2) is 24.3 Å². The van der Waals surface area contributed by atoms with Gasteiger partial charge in [-0.3, -0.25) is 4.79 Å². The van der Waals surface area contributed by atoms with E-state index in [0.717, 1.165) is 0 Å². The van der Waals surface area contributed by atoms with E-state index in [2.05, 4.69) is 0 Å². The molecular formula is C13H18FNO. The van der Waals surface area contributed by atoms with E-state index < -0.39 is 0 Å². The lowest BCUT2D eigenvalue weighted by molar-refractivity contribution is 0.0643. The van der Waals surface area contributed by atoms with Gasteiger partial charge in [-0.25, -0.2) is 4.39 Å². The third kappa shape index (κ3) is 2.81. The fraction of sp³-hybridized carbons (Fsp3) is 0.462. The maximum absolute atomic E-state index is 13.0. The molecule has 0 saturated heterocycles. The second-order valence-corrected chi connectivity index (χ2v) is 4.41. The molecule has 2 nitrogen and oxygen atoms in total. The molecule has 0 atom stereocenters. The van der Waals surface area contributed by atoms with Crippen LogP contribution in [0.1, 0.15) is 38.1 Å². The molecule has 1 amide bonds. The predicted molar refractivity (Wildman–Crippen MR) is 62.8 cm³/mol. The molecule has 0 aliphatic heterocycles. The summed E-state index contributed by atoms with van der Waals surface area (Å²) >= 11 is 0. The van der Waals surface area contributed by atoms with Gasteiger partial charge in [-0.15, -0.1) is 0 Å². The van der Waals surface area contributed by atoms with Crippen LogP contribution < -0.4 is 0 Å². The molecule has 0 radical (unpaired) electrons. The van der Waals surface area contributed by atoms with Crippen molar-refractivity contribution in [3.05, 3.63) is 35.6 Å². The second-order valence-electron chi connectivity index (χ2n) is 4.41. The highest BCUT2D eigenvalue weighted by Crippen LogP contribution is 2.13. The van der Waals surface area contributed by atoms with Gasteiger partial charge < -0.3 is 4.90 Å². The number of hydrogen-bond acceptors (Lipinski definition) is 1. The summed E-state index contributed by atoms with van der Waals surface area (Å²) in [4.78, 5) is 13.9. The van der Waals surface area contributed by atoms with Gasteiger partial charge in [-0.1, -0.05) is 6.07 Å². The van der Waals surface area contributed by atoms with Crippen molar-refractivity contribution >= 4 is 5.91 Å². The van der Waals surface area contributed by atoms with E-state index in [9.17, 15) is 9.18 Å². The molecule has 0 bridgehead atoms. The topological polar surface area (TPSA) is 20.3 Å². The molecule has 0 fully saturated rings. The number of carbonyl (C=O) groups excluding carboxylic acids is 1. The number of carbonyl (C=O) groups is 1. The standard InChI is InChI=1S/C13H18FNO/c1-9(2)15(10(3)4)13(16)11-6-5-7-12(14)8-11/h5-10H,1-4H3. The van der Waals surface area contributed by atoms with Gasteiger partial charge in [0.2, 0.25) is 0 Å².